The summed E-state index contributed by atoms with van der Waals surface area (Å²) in [6.45, 7) is 1.40. The Hall–Kier alpha value is -3.75. The maximum Gasteiger partial charge on any atom is 0.343 e. The largest absolute Gasteiger partial charge is 0.482 e. The standard InChI is InChI=1S/C18H17N3O6/c1-12-3-6-14(9-16(12)21(24)25)18(23)20-19-10-13-4-7-15(8-5-13)27-11-17(22)26-2/h3-10H,11H2,1-2H3,(H,20,23)/b19-10-. The molecule has 140 valence electrons. The summed E-state index contributed by atoms with van der Waals surface area (Å²) in [4.78, 5) is 33.4. The van der Waals surface area contributed by atoms with Crippen LogP contribution in [0.5, 0.6) is 5.75 Å². The number of methoxy groups -OCH3 is 1. The Balaban J connectivity index is 1.95. The molecule has 0 spiro atoms. The third kappa shape index (κ3) is 5.63. The Morgan fingerprint density at radius 1 is 1.22 bits per heavy atom. The van der Waals surface area contributed by atoms with E-state index in [1.807, 2.05) is 0 Å². The van der Waals surface area contributed by atoms with Crippen LogP contribution in [0.4, 0.5) is 5.69 Å². The van der Waals surface area contributed by atoms with Gasteiger partial charge in [-0.3, -0.25) is 14.9 Å². The van der Waals surface area contributed by atoms with E-state index in [1.54, 1.807) is 31.2 Å². The van der Waals surface area contributed by atoms with Gasteiger partial charge in [-0.05, 0) is 42.8 Å². The molecule has 2 aromatic carbocycles. The van der Waals surface area contributed by atoms with E-state index < -0.39 is 16.8 Å². The fraction of sp³-hybridized carbons (Fsp3) is 0.167. The van der Waals surface area contributed by atoms with E-state index in [2.05, 4.69) is 15.3 Å². The second-order valence-electron chi connectivity index (χ2n) is 5.39. The van der Waals surface area contributed by atoms with Crippen molar-refractivity contribution in [2.45, 2.75) is 6.92 Å². The van der Waals surface area contributed by atoms with E-state index in [1.165, 1.54) is 31.5 Å². The van der Waals surface area contributed by atoms with Crippen molar-refractivity contribution < 1.29 is 24.0 Å². The second-order valence-corrected chi connectivity index (χ2v) is 5.39. The highest BCUT2D eigenvalue weighted by Crippen LogP contribution is 2.19. The maximum absolute atomic E-state index is 12.0. The Kier molecular flexibility index (Phi) is 6.59. The van der Waals surface area contributed by atoms with Crippen LogP contribution in [0.3, 0.4) is 0 Å². The van der Waals surface area contributed by atoms with Crippen molar-refractivity contribution in [2.24, 2.45) is 5.10 Å². The van der Waals surface area contributed by atoms with E-state index in [4.69, 9.17) is 4.74 Å². The lowest BCUT2D eigenvalue weighted by molar-refractivity contribution is -0.385. The highest BCUT2D eigenvalue weighted by atomic mass is 16.6. The molecular formula is C18H17N3O6. The second kappa shape index (κ2) is 9.09. The van der Waals surface area contributed by atoms with Gasteiger partial charge in [0.1, 0.15) is 5.75 Å². The van der Waals surface area contributed by atoms with Gasteiger partial charge in [0.05, 0.1) is 18.2 Å². The highest BCUT2D eigenvalue weighted by molar-refractivity contribution is 5.95. The molecule has 0 radical (unpaired) electrons. The molecule has 2 rings (SSSR count). The molecule has 0 aliphatic rings. The number of ether oxygens (including phenoxy) is 2. The molecule has 27 heavy (non-hydrogen) atoms. The number of amides is 1. The van der Waals surface area contributed by atoms with Crippen molar-refractivity contribution in [2.75, 3.05) is 13.7 Å². The molecule has 9 nitrogen and oxygen atoms in total. The molecule has 0 aliphatic carbocycles. The van der Waals surface area contributed by atoms with Crippen LogP contribution in [0.2, 0.25) is 0 Å². The number of carbonyl (C=O) groups excluding carboxylic acids is 2. The Morgan fingerprint density at radius 2 is 1.93 bits per heavy atom. The van der Waals surface area contributed by atoms with Crippen LogP contribution in [0.25, 0.3) is 0 Å². The predicted molar refractivity (Wildman–Crippen MR) is 96.8 cm³/mol. The van der Waals surface area contributed by atoms with Gasteiger partial charge in [0.2, 0.25) is 0 Å². The lowest BCUT2D eigenvalue weighted by Gasteiger charge is -2.04. The number of hydrogen-bond donors (Lipinski definition) is 1. The lowest BCUT2D eigenvalue weighted by atomic mass is 10.1. The minimum Gasteiger partial charge on any atom is -0.482 e. The van der Waals surface area contributed by atoms with Crippen LogP contribution >= 0.6 is 0 Å². The van der Waals surface area contributed by atoms with Crippen LogP contribution in [0, 0.1) is 17.0 Å². The molecule has 2 aromatic rings. The van der Waals surface area contributed by atoms with Gasteiger partial charge < -0.3 is 9.47 Å². The number of nitro groups is 1. The van der Waals surface area contributed by atoms with Gasteiger partial charge in [-0.25, -0.2) is 10.2 Å². The number of nitro benzene ring substituents is 1. The number of hydrazone groups is 1. The van der Waals surface area contributed by atoms with Gasteiger partial charge in [-0.2, -0.15) is 5.10 Å². The first kappa shape index (κ1) is 19.6. The molecule has 1 N–H and O–H groups in total. The topological polar surface area (TPSA) is 120 Å². The molecule has 0 heterocycles. The summed E-state index contributed by atoms with van der Waals surface area (Å²) in [6, 6.07) is 10.8. The number of carbonyl (C=O) groups is 2. The molecule has 0 fully saturated rings. The molecule has 0 unspecified atom stereocenters. The zero-order valence-electron chi connectivity index (χ0n) is 14.7. The van der Waals surface area contributed by atoms with Crippen LogP contribution < -0.4 is 10.2 Å². The van der Waals surface area contributed by atoms with Gasteiger partial charge in [-0.1, -0.05) is 6.07 Å². The van der Waals surface area contributed by atoms with Crippen LogP contribution in [-0.2, 0) is 9.53 Å². The molecule has 0 aliphatic heterocycles. The van der Waals surface area contributed by atoms with E-state index in [0.29, 0.717) is 16.9 Å². The molecule has 0 bridgehead atoms. The molecule has 0 atom stereocenters. The monoisotopic (exact) mass is 371 g/mol. The summed E-state index contributed by atoms with van der Waals surface area (Å²) >= 11 is 0. The Bertz CT molecular complexity index is 877. The summed E-state index contributed by atoms with van der Waals surface area (Å²) < 4.78 is 9.68. The van der Waals surface area contributed by atoms with Crippen LogP contribution in [0.15, 0.2) is 47.6 Å². The van der Waals surface area contributed by atoms with E-state index in [0.717, 1.165) is 0 Å². The number of esters is 1. The Morgan fingerprint density at radius 3 is 2.56 bits per heavy atom. The predicted octanol–water partition coefficient (Wildman–Crippen LogP) is 2.22. The normalized spacial score (nSPS) is 10.4. The third-order valence-electron chi connectivity index (χ3n) is 3.51. The number of aryl methyl sites for hydroxylation is 1. The number of nitrogens with zero attached hydrogens (tertiary/aromatic N) is 2. The smallest absolute Gasteiger partial charge is 0.343 e. The molecule has 1 amide bonds. The van der Waals surface area contributed by atoms with Crippen LogP contribution in [-0.4, -0.2) is 36.7 Å². The quantitative estimate of drug-likeness (QED) is 0.345. The first-order chi connectivity index (χ1) is 12.9. The SMILES string of the molecule is COC(=O)COc1ccc(/C=N\NC(=O)c2ccc(C)c([N+](=O)[O-])c2)cc1. The van der Waals surface area contributed by atoms with E-state index >= 15 is 0 Å². The molecule has 0 saturated carbocycles. The molecule has 0 saturated heterocycles. The average molecular weight is 371 g/mol. The summed E-state index contributed by atoms with van der Waals surface area (Å²) in [5.74, 6) is -0.569. The summed E-state index contributed by atoms with van der Waals surface area (Å²) in [6.07, 6.45) is 1.41. The zero-order chi connectivity index (χ0) is 19.8. The van der Waals surface area contributed by atoms with Gasteiger partial charge in [0, 0.05) is 17.2 Å². The summed E-state index contributed by atoms with van der Waals surface area (Å²) in [7, 11) is 1.27. The molecule has 9 heteroatoms. The van der Waals surface area contributed by atoms with Crippen molar-refractivity contribution in [3.05, 3.63) is 69.3 Å². The maximum atomic E-state index is 12.0. The van der Waals surface area contributed by atoms with E-state index in [-0.39, 0.29) is 17.9 Å². The molecular weight excluding hydrogens is 354 g/mol. The number of hydrogen-bond acceptors (Lipinski definition) is 7. The fourth-order valence-corrected chi connectivity index (χ4v) is 2.03. The van der Waals surface area contributed by atoms with E-state index in [9.17, 15) is 19.7 Å². The van der Waals surface area contributed by atoms with Crippen molar-refractivity contribution in [1.82, 2.24) is 5.43 Å². The molecule has 0 aromatic heterocycles. The van der Waals surface area contributed by atoms with Crippen LogP contribution in [0.1, 0.15) is 21.5 Å². The Labute approximate surface area is 154 Å². The van der Waals surface area contributed by atoms with Crippen molar-refractivity contribution in [3.8, 4) is 5.75 Å². The summed E-state index contributed by atoms with van der Waals surface area (Å²) in [5.41, 5.74) is 3.46. The first-order valence-corrected chi connectivity index (χ1v) is 7.79. The van der Waals surface area contributed by atoms with Crippen molar-refractivity contribution >= 4 is 23.8 Å². The third-order valence-corrected chi connectivity index (χ3v) is 3.51. The average Bonchev–Trinajstić information content (AvgIpc) is 2.67. The number of benzene rings is 2. The van der Waals surface area contributed by atoms with Gasteiger partial charge >= 0.3 is 5.97 Å². The number of nitrogens with one attached hydrogen (secondary N) is 1. The first-order valence-electron chi connectivity index (χ1n) is 7.79. The van der Waals surface area contributed by atoms with Crippen molar-refractivity contribution in [3.63, 3.8) is 0 Å². The minimum atomic E-state index is -0.563. The highest BCUT2D eigenvalue weighted by Gasteiger charge is 2.14. The van der Waals surface area contributed by atoms with Crippen molar-refractivity contribution in [1.29, 1.82) is 0 Å². The zero-order valence-corrected chi connectivity index (χ0v) is 14.7. The van der Waals surface area contributed by atoms with Gasteiger partial charge in [0.25, 0.3) is 11.6 Å². The number of rotatable bonds is 7. The minimum absolute atomic E-state index is 0.130. The van der Waals surface area contributed by atoms with Gasteiger partial charge in [0.15, 0.2) is 6.61 Å². The lowest BCUT2D eigenvalue weighted by Crippen LogP contribution is -2.17. The van der Waals surface area contributed by atoms with Gasteiger partial charge in [-0.15, -0.1) is 0 Å². The summed E-state index contributed by atoms with van der Waals surface area (Å²) in [5, 5.41) is 14.8. The fourth-order valence-electron chi connectivity index (χ4n) is 2.03.